The number of aliphatic hydroxyl groups excluding tert-OH is 4. The minimum absolute atomic E-state index is 0. The fraction of sp³-hybridized carbons (Fsp3) is 0.682. The van der Waals surface area contributed by atoms with Crippen LogP contribution in [0.2, 0.25) is 0 Å². The van der Waals surface area contributed by atoms with Crippen LogP contribution in [0.15, 0.2) is 48.5 Å². The Hall–Kier alpha value is -7.00. The Labute approximate surface area is 644 Å². The number of benzene rings is 4. The van der Waals surface area contributed by atoms with Crippen molar-refractivity contribution in [3.63, 3.8) is 0 Å². The predicted octanol–water partition coefficient (Wildman–Crippen LogP) is 17.7. The fourth-order valence-electron chi connectivity index (χ4n) is 17.8. The first-order valence-electron chi connectivity index (χ1n) is 38.0. The smallest absolute Gasteiger partial charge is 0.315 e. The summed E-state index contributed by atoms with van der Waals surface area (Å²) in [6.07, 6.45) is 11.0. The maximum atomic E-state index is 12.6. The molecule has 0 aromatic heterocycles. The maximum Gasteiger partial charge on any atom is 0.315 e. The Balaban J connectivity index is 0.000000256. The van der Waals surface area contributed by atoms with Gasteiger partial charge in [-0.15, -0.1) is 0 Å². The number of rotatable bonds is 14. The molecule has 20 heteroatoms. The van der Waals surface area contributed by atoms with Crippen molar-refractivity contribution >= 4 is 23.9 Å². The molecule has 0 unspecified atom stereocenters. The van der Waals surface area contributed by atoms with Crippen LogP contribution in [0, 0.1) is 23.7 Å². The molecule has 4 aromatic rings. The molecule has 20 nitrogen and oxygen atoms in total. The molecule has 4 fully saturated rings. The van der Waals surface area contributed by atoms with E-state index in [4.69, 9.17) is 28.4 Å². The number of aliphatic hydroxyl groups is 4. The Morgan fingerprint density at radius 1 is 0.370 bits per heavy atom. The van der Waals surface area contributed by atoms with Crippen molar-refractivity contribution in [1.29, 1.82) is 0 Å². The highest BCUT2D eigenvalue weighted by atomic mass is 16.5. The molecule has 0 amide bonds. The number of carboxylic acid groups (broad SMARTS) is 2. The van der Waals surface area contributed by atoms with Crippen LogP contribution in [-0.4, -0.2) is 135 Å². The molecule has 0 radical (unpaired) electrons. The SMILES string of the molecule is C.C.C.C.CC(C)(C(=O)O)c1cc(O)c2c(c1)OC(C)(C)[C@@H]1CC[C@@H](O)C[C@@H]21.CC(C)(C(=O)O)c1cc(O)c2c(c1)OC(C)(C)[C@@H]1CC[C@H](O)C[C@@H]21.CCCCOC(=O)C(C)(C)c1cc(O)c2c(c1)OC(C)(C)[C@@H]1CC[C@@H](O)C[C@@H]21.CCCCOC(=O)C(C)(C)c1cc(O)c2c(c1)OC(C)(C)[C@@H]1CC[C@H](O)C[C@@H]21. The fourth-order valence-corrected chi connectivity index (χ4v) is 17.8. The van der Waals surface area contributed by atoms with E-state index in [1.807, 2.05) is 67.5 Å². The third-order valence-electron chi connectivity index (χ3n) is 24.8. The van der Waals surface area contributed by atoms with Gasteiger partial charge in [-0.1, -0.05) is 56.4 Å². The van der Waals surface area contributed by atoms with Gasteiger partial charge in [0.15, 0.2) is 0 Å². The van der Waals surface area contributed by atoms with Crippen molar-refractivity contribution in [3.8, 4) is 46.0 Å². The number of aromatic hydroxyl groups is 4. The molecule has 4 aliphatic carbocycles. The van der Waals surface area contributed by atoms with E-state index in [0.29, 0.717) is 95.3 Å². The van der Waals surface area contributed by atoms with Crippen LogP contribution in [0.5, 0.6) is 46.0 Å². The van der Waals surface area contributed by atoms with Gasteiger partial charge in [0, 0.05) is 69.6 Å². The average molecular weight is 1510 g/mol. The Kier molecular flexibility index (Phi) is 29.1. The van der Waals surface area contributed by atoms with Crippen molar-refractivity contribution in [2.75, 3.05) is 13.2 Å². The highest BCUT2D eigenvalue weighted by molar-refractivity contribution is 5.84. The molecule has 108 heavy (non-hydrogen) atoms. The molecule has 8 aliphatic rings. The average Bonchev–Trinajstić information content (AvgIpc) is 0.739. The van der Waals surface area contributed by atoms with E-state index in [1.165, 1.54) is 12.1 Å². The number of carbonyl (C=O) groups is 4. The summed E-state index contributed by atoms with van der Waals surface area (Å²) in [5, 5.41) is 103. The summed E-state index contributed by atoms with van der Waals surface area (Å²) in [5.41, 5.74) is -0.329. The van der Waals surface area contributed by atoms with Crippen molar-refractivity contribution in [1.82, 2.24) is 0 Å². The van der Waals surface area contributed by atoms with Crippen LogP contribution in [0.3, 0.4) is 0 Å². The first kappa shape index (κ1) is 91.6. The molecule has 10 N–H and O–H groups in total. The van der Waals surface area contributed by atoms with Gasteiger partial charge in [-0.3, -0.25) is 19.2 Å². The topological polar surface area (TPSA) is 326 Å². The zero-order valence-corrected chi connectivity index (χ0v) is 64.8. The van der Waals surface area contributed by atoms with Crippen molar-refractivity contribution in [3.05, 3.63) is 93.0 Å². The van der Waals surface area contributed by atoms with Crippen LogP contribution in [0.1, 0.15) is 325 Å². The number of aliphatic carboxylic acids is 2. The third kappa shape index (κ3) is 18.5. The molecule has 4 aliphatic heterocycles. The standard InChI is InChI=1S/2C23H34O5.2C19H26O5.4CH4/c2*1-6-7-10-27-21(26)22(2,3)14-11-18(25)20-16-13-15(24)8-9-17(16)23(4,5)28-19(20)12-14;2*1-18(2,17(22)23)10-7-14(21)16-12-9-11(20)5-6-13(12)19(3,4)24-15(16)8-10;;;;/h2*11-12,15-17,24-25H,6-10,13H2,1-5H3;2*7-8,11-13,20-21H,5-6,9H2,1-4H3,(H,22,23);4*1H4/t15-,16+,17+;15-,16-,17-;11-,12+,13+;11-,12-,13-;;;;/m0101..../s1. The van der Waals surface area contributed by atoms with Gasteiger partial charge in [-0.2, -0.15) is 0 Å². The molecule has 4 saturated carbocycles. The molecule has 4 heterocycles. The number of phenols is 4. The van der Waals surface area contributed by atoms with E-state index in [-0.39, 0.29) is 136 Å². The highest BCUT2D eigenvalue weighted by Gasteiger charge is 2.53. The highest BCUT2D eigenvalue weighted by Crippen LogP contribution is 2.60. The Morgan fingerprint density at radius 3 is 0.769 bits per heavy atom. The van der Waals surface area contributed by atoms with E-state index in [1.54, 1.807) is 52.0 Å². The molecule has 0 spiro atoms. The molecule has 12 atom stereocenters. The van der Waals surface area contributed by atoms with E-state index in [9.17, 15) is 70.2 Å². The second-order valence-electron chi connectivity index (χ2n) is 35.3. The summed E-state index contributed by atoms with van der Waals surface area (Å²) in [5.74, 6) is 1.28. The number of esters is 2. The largest absolute Gasteiger partial charge is 0.508 e. The lowest BCUT2D eigenvalue weighted by Crippen LogP contribution is -2.47. The summed E-state index contributed by atoms with van der Waals surface area (Å²) in [4.78, 5) is 48.4. The quantitative estimate of drug-likeness (QED) is 0.0414. The van der Waals surface area contributed by atoms with E-state index in [2.05, 4.69) is 41.5 Å². The molecule has 12 rings (SSSR count). The Morgan fingerprint density at radius 2 is 0.574 bits per heavy atom. The predicted molar refractivity (Wildman–Crippen MR) is 422 cm³/mol. The molecular weight excluding hydrogens is 1380 g/mol. The minimum atomic E-state index is -1.12. The molecular formula is C88H136O20. The monoisotopic (exact) mass is 1510 g/mol. The summed E-state index contributed by atoms with van der Waals surface area (Å²) in [6.45, 7) is 35.0. The normalized spacial score (nSPS) is 26.1. The van der Waals surface area contributed by atoms with Crippen LogP contribution in [-0.2, 0) is 50.3 Å². The third-order valence-corrected chi connectivity index (χ3v) is 24.8. The van der Waals surface area contributed by atoms with Gasteiger partial charge in [-0.25, -0.2) is 0 Å². The number of carboxylic acids is 2. The van der Waals surface area contributed by atoms with Crippen LogP contribution >= 0.6 is 0 Å². The number of hydrogen-bond donors (Lipinski definition) is 10. The molecule has 0 saturated heterocycles. The maximum absolute atomic E-state index is 12.6. The second kappa shape index (κ2) is 34.3. The van der Waals surface area contributed by atoms with Crippen molar-refractivity contribution in [2.45, 2.75) is 349 Å². The van der Waals surface area contributed by atoms with Gasteiger partial charge in [0.1, 0.15) is 68.4 Å². The van der Waals surface area contributed by atoms with Gasteiger partial charge in [0.25, 0.3) is 0 Å². The van der Waals surface area contributed by atoms with Crippen molar-refractivity contribution < 1.29 is 98.7 Å². The molecule has 4 aromatic carbocycles. The van der Waals surface area contributed by atoms with E-state index >= 15 is 0 Å². The van der Waals surface area contributed by atoms with Crippen LogP contribution in [0.4, 0.5) is 0 Å². The van der Waals surface area contributed by atoms with Gasteiger partial charge in [0.2, 0.25) is 0 Å². The number of phenolic OH excluding ortho intramolecular Hbond substituents is 4. The van der Waals surface area contributed by atoms with Gasteiger partial charge in [0.05, 0.1) is 59.3 Å². The molecule has 0 bridgehead atoms. The first-order valence-corrected chi connectivity index (χ1v) is 38.0. The second-order valence-corrected chi connectivity index (χ2v) is 35.3. The minimum Gasteiger partial charge on any atom is -0.508 e. The lowest BCUT2D eigenvalue weighted by molar-refractivity contribution is -0.150. The lowest BCUT2D eigenvalue weighted by atomic mass is 9.65. The van der Waals surface area contributed by atoms with Crippen LogP contribution in [0.25, 0.3) is 0 Å². The van der Waals surface area contributed by atoms with E-state index in [0.717, 1.165) is 88.2 Å². The van der Waals surface area contributed by atoms with Crippen LogP contribution < -0.4 is 18.9 Å². The first-order chi connectivity index (χ1) is 48.2. The van der Waals surface area contributed by atoms with Gasteiger partial charge < -0.3 is 79.5 Å². The number of ether oxygens (including phenoxy) is 6. The number of fused-ring (bicyclic) bond motifs is 12. The zero-order valence-electron chi connectivity index (χ0n) is 64.8. The lowest BCUT2D eigenvalue weighted by Gasteiger charge is -2.48. The zero-order chi connectivity index (χ0) is 77.1. The van der Waals surface area contributed by atoms with Gasteiger partial charge in [-0.05, 0) is 271 Å². The van der Waals surface area contributed by atoms with Crippen molar-refractivity contribution in [2.24, 2.45) is 23.7 Å². The summed E-state index contributed by atoms with van der Waals surface area (Å²) in [7, 11) is 0. The number of carbonyl (C=O) groups excluding carboxylic acids is 2. The van der Waals surface area contributed by atoms with E-state index < -0.39 is 56.0 Å². The summed E-state index contributed by atoms with van der Waals surface area (Å²) >= 11 is 0. The number of unbranched alkanes of at least 4 members (excludes halogenated alkanes) is 2. The summed E-state index contributed by atoms with van der Waals surface area (Å²) in [6, 6.07) is 13.6. The Bertz CT molecular complexity index is 3560. The summed E-state index contributed by atoms with van der Waals surface area (Å²) < 4.78 is 35.9. The van der Waals surface area contributed by atoms with Gasteiger partial charge >= 0.3 is 23.9 Å². The number of hydrogen-bond acceptors (Lipinski definition) is 18. The molecule has 608 valence electrons.